The molecule has 3 fully saturated rings. The third-order valence-electron chi connectivity index (χ3n) is 6.09. The lowest BCUT2D eigenvalue weighted by Gasteiger charge is -2.42. The van der Waals surface area contributed by atoms with E-state index in [4.69, 9.17) is 4.74 Å². The van der Waals surface area contributed by atoms with E-state index in [0.717, 1.165) is 51.6 Å². The summed E-state index contributed by atoms with van der Waals surface area (Å²) in [6, 6.07) is -0.672. The quantitative estimate of drug-likeness (QED) is 0.748. The maximum atomic E-state index is 13.0. The van der Waals surface area contributed by atoms with Gasteiger partial charge in [0.05, 0.1) is 13.7 Å². The van der Waals surface area contributed by atoms with Crippen LogP contribution in [0.3, 0.4) is 0 Å². The van der Waals surface area contributed by atoms with Gasteiger partial charge in [-0.1, -0.05) is 19.3 Å². The van der Waals surface area contributed by atoms with Crippen LogP contribution in [0.25, 0.3) is 0 Å². The summed E-state index contributed by atoms with van der Waals surface area (Å²) in [5.74, 6) is -0.200. The van der Waals surface area contributed by atoms with Gasteiger partial charge in [0.15, 0.2) is 0 Å². The number of carbonyl (C=O) groups excluding carboxylic acids is 3. The van der Waals surface area contributed by atoms with Crippen molar-refractivity contribution in [3.63, 3.8) is 0 Å². The van der Waals surface area contributed by atoms with Gasteiger partial charge >= 0.3 is 5.97 Å². The summed E-state index contributed by atoms with van der Waals surface area (Å²) in [7, 11) is 1.35. The Hall–Kier alpha value is -1.63. The molecule has 3 rings (SSSR count). The predicted octanol–water partition coefficient (Wildman–Crippen LogP) is 0.779. The average Bonchev–Trinajstić information content (AvgIpc) is 2.73. The van der Waals surface area contributed by atoms with Crippen LogP contribution >= 0.6 is 0 Å². The SMILES string of the molecule is COC(=O)C1CN(C(=O)C2CCNCC2)CCN1C(=O)C1CCCCC1. The minimum absolute atomic E-state index is 0.0163. The lowest BCUT2D eigenvalue weighted by molar-refractivity contribution is -0.161. The van der Waals surface area contributed by atoms with Gasteiger partial charge in [-0.2, -0.15) is 0 Å². The topological polar surface area (TPSA) is 79.0 Å². The second-order valence-corrected chi connectivity index (χ2v) is 7.71. The lowest BCUT2D eigenvalue weighted by atomic mass is 9.87. The van der Waals surface area contributed by atoms with Crippen LogP contribution in [-0.4, -0.2) is 73.5 Å². The Morgan fingerprint density at radius 2 is 1.54 bits per heavy atom. The van der Waals surface area contributed by atoms with Crippen LogP contribution < -0.4 is 5.32 Å². The molecule has 146 valence electrons. The van der Waals surface area contributed by atoms with Crippen LogP contribution in [0, 0.1) is 11.8 Å². The van der Waals surface area contributed by atoms with Gasteiger partial charge in [0.2, 0.25) is 11.8 Å². The molecule has 7 heteroatoms. The number of piperidine rings is 1. The molecule has 2 heterocycles. The van der Waals surface area contributed by atoms with E-state index in [-0.39, 0.29) is 30.2 Å². The molecule has 1 saturated carbocycles. The van der Waals surface area contributed by atoms with Crippen LogP contribution in [0.5, 0.6) is 0 Å². The molecule has 2 saturated heterocycles. The first-order chi connectivity index (χ1) is 12.6. The highest BCUT2D eigenvalue weighted by Crippen LogP contribution is 2.28. The molecule has 1 atom stereocenters. The fourth-order valence-electron chi connectivity index (χ4n) is 4.50. The first kappa shape index (κ1) is 19.1. The molecule has 0 aromatic carbocycles. The van der Waals surface area contributed by atoms with E-state index >= 15 is 0 Å². The molecule has 0 aromatic heterocycles. The van der Waals surface area contributed by atoms with Crippen LogP contribution in [0.2, 0.25) is 0 Å². The van der Waals surface area contributed by atoms with Crippen LogP contribution in [0.4, 0.5) is 0 Å². The molecule has 1 aliphatic carbocycles. The number of hydrogen-bond donors (Lipinski definition) is 1. The minimum atomic E-state index is -0.672. The number of amides is 2. The Bertz CT molecular complexity index is 527. The van der Waals surface area contributed by atoms with E-state index in [1.54, 1.807) is 9.80 Å². The summed E-state index contributed by atoms with van der Waals surface area (Å²) in [5, 5.41) is 3.27. The van der Waals surface area contributed by atoms with Crippen molar-refractivity contribution in [2.45, 2.75) is 51.0 Å². The summed E-state index contributed by atoms with van der Waals surface area (Å²) >= 11 is 0. The largest absolute Gasteiger partial charge is 0.467 e. The highest BCUT2D eigenvalue weighted by molar-refractivity contribution is 5.87. The maximum absolute atomic E-state index is 13.0. The Labute approximate surface area is 155 Å². The lowest BCUT2D eigenvalue weighted by Crippen LogP contribution is -2.61. The van der Waals surface area contributed by atoms with E-state index in [9.17, 15) is 14.4 Å². The van der Waals surface area contributed by atoms with Crippen molar-refractivity contribution in [3.05, 3.63) is 0 Å². The van der Waals surface area contributed by atoms with Gasteiger partial charge in [-0.05, 0) is 38.8 Å². The number of nitrogens with zero attached hydrogens (tertiary/aromatic N) is 2. The van der Waals surface area contributed by atoms with Crippen molar-refractivity contribution in [2.75, 3.05) is 39.8 Å². The van der Waals surface area contributed by atoms with Crippen LogP contribution in [0.1, 0.15) is 44.9 Å². The molecule has 2 amide bonds. The van der Waals surface area contributed by atoms with E-state index < -0.39 is 12.0 Å². The zero-order chi connectivity index (χ0) is 18.5. The fourth-order valence-corrected chi connectivity index (χ4v) is 4.50. The van der Waals surface area contributed by atoms with Crippen molar-refractivity contribution in [3.8, 4) is 0 Å². The number of rotatable bonds is 3. The van der Waals surface area contributed by atoms with E-state index in [1.165, 1.54) is 13.5 Å². The molecule has 0 aromatic rings. The number of ether oxygens (including phenoxy) is 1. The van der Waals surface area contributed by atoms with Gasteiger partial charge in [-0.3, -0.25) is 9.59 Å². The molecule has 0 spiro atoms. The normalized spacial score (nSPS) is 25.8. The second-order valence-electron chi connectivity index (χ2n) is 7.71. The fraction of sp³-hybridized carbons (Fsp3) is 0.842. The summed E-state index contributed by atoms with van der Waals surface area (Å²) < 4.78 is 4.95. The Morgan fingerprint density at radius 1 is 0.885 bits per heavy atom. The van der Waals surface area contributed by atoms with Gasteiger partial charge in [-0.25, -0.2) is 4.79 Å². The highest BCUT2D eigenvalue weighted by atomic mass is 16.5. The maximum Gasteiger partial charge on any atom is 0.330 e. The van der Waals surface area contributed by atoms with Crippen molar-refractivity contribution < 1.29 is 19.1 Å². The first-order valence-electron chi connectivity index (χ1n) is 9.99. The van der Waals surface area contributed by atoms with Crippen LogP contribution in [0.15, 0.2) is 0 Å². The molecular formula is C19H31N3O4. The van der Waals surface area contributed by atoms with Gasteiger partial charge < -0.3 is 19.9 Å². The van der Waals surface area contributed by atoms with Gasteiger partial charge in [-0.15, -0.1) is 0 Å². The van der Waals surface area contributed by atoms with Gasteiger partial charge in [0, 0.05) is 24.9 Å². The number of hydrogen-bond acceptors (Lipinski definition) is 5. The highest BCUT2D eigenvalue weighted by Gasteiger charge is 2.41. The van der Waals surface area contributed by atoms with E-state index in [2.05, 4.69) is 5.32 Å². The molecule has 2 aliphatic heterocycles. The first-order valence-corrected chi connectivity index (χ1v) is 9.99. The predicted molar refractivity (Wildman–Crippen MR) is 96.3 cm³/mol. The van der Waals surface area contributed by atoms with Gasteiger partial charge in [0.1, 0.15) is 6.04 Å². The summed E-state index contributed by atoms with van der Waals surface area (Å²) in [4.78, 5) is 41.6. The molecule has 1 N–H and O–H groups in total. The molecule has 0 bridgehead atoms. The Balaban J connectivity index is 1.67. The molecule has 3 aliphatic rings. The smallest absolute Gasteiger partial charge is 0.330 e. The summed E-state index contributed by atoms with van der Waals surface area (Å²) in [6.45, 7) is 2.91. The third kappa shape index (κ3) is 4.19. The standard InChI is InChI=1S/C19H31N3O4/c1-26-19(25)16-13-21(17(23)15-7-9-20-10-8-15)11-12-22(16)18(24)14-5-3-2-4-6-14/h14-16,20H,2-13H2,1H3. The van der Waals surface area contributed by atoms with Crippen molar-refractivity contribution >= 4 is 17.8 Å². The molecule has 1 unspecified atom stereocenters. The van der Waals surface area contributed by atoms with E-state index in [1.807, 2.05) is 0 Å². The minimum Gasteiger partial charge on any atom is -0.467 e. The number of piperazine rings is 1. The monoisotopic (exact) mass is 365 g/mol. The molecule has 0 radical (unpaired) electrons. The summed E-state index contributed by atoms with van der Waals surface area (Å²) in [6.07, 6.45) is 6.82. The zero-order valence-electron chi connectivity index (χ0n) is 15.7. The summed E-state index contributed by atoms with van der Waals surface area (Å²) in [5.41, 5.74) is 0. The van der Waals surface area contributed by atoms with Gasteiger partial charge in [0.25, 0.3) is 0 Å². The Kier molecular flexibility index (Phi) is 6.51. The molecular weight excluding hydrogens is 334 g/mol. The number of nitrogens with one attached hydrogen (secondary N) is 1. The van der Waals surface area contributed by atoms with Crippen molar-refractivity contribution in [1.82, 2.24) is 15.1 Å². The van der Waals surface area contributed by atoms with Crippen molar-refractivity contribution in [1.29, 1.82) is 0 Å². The molecule has 7 nitrogen and oxygen atoms in total. The molecule has 26 heavy (non-hydrogen) atoms. The average molecular weight is 365 g/mol. The van der Waals surface area contributed by atoms with Crippen molar-refractivity contribution in [2.24, 2.45) is 11.8 Å². The number of carbonyl (C=O) groups is 3. The third-order valence-corrected chi connectivity index (χ3v) is 6.09. The zero-order valence-corrected chi connectivity index (χ0v) is 15.7. The number of esters is 1. The number of methoxy groups -OCH3 is 1. The Morgan fingerprint density at radius 3 is 2.19 bits per heavy atom. The van der Waals surface area contributed by atoms with E-state index in [0.29, 0.717) is 13.1 Å². The second kappa shape index (κ2) is 8.84. The van der Waals surface area contributed by atoms with Crippen LogP contribution in [-0.2, 0) is 19.1 Å².